The van der Waals surface area contributed by atoms with Crippen molar-refractivity contribution in [2.45, 2.75) is 40.2 Å². The van der Waals surface area contributed by atoms with Crippen molar-refractivity contribution in [2.24, 2.45) is 10.9 Å². The Bertz CT molecular complexity index is 849. The van der Waals surface area contributed by atoms with Crippen LogP contribution in [0.5, 0.6) is 5.75 Å². The molecule has 0 aromatic heterocycles. The average molecular weight is 373 g/mol. The molecule has 0 aliphatic carbocycles. The van der Waals surface area contributed by atoms with E-state index in [1.54, 1.807) is 6.92 Å². The first-order chi connectivity index (χ1) is 12.8. The third-order valence-electron chi connectivity index (χ3n) is 4.69. The highest BCUT2D eigenvalue weighted by Crippen LogP contribution is 2.42. The number of allylic oxidation sites excluding steroid dienone is 2. The minimum atomic E-state index is -0.508. The number of isocyanates is 1. The van der Waals surface area contributed by atoms with E-state index in [0.29, 0.717) is 35.3 Å². The molecule has 0 radical (unpaired) electrons. The zero-order valence-corrected chi connectivity index (χ0v) is 16.2. The maximum Gasteiger partial charge on any atom is 0.341 e. The largest absolute Gasteiger partial charge is 0.496 e. The van der Waals surface area contributed by atoms with E-state index in [4.69, 9.17) is 14.2 Å². The first-order valence-corrected chi connectivity index (χ1v) is 8.56. The highest BCUT2D eigenvalue weighted by atomic mass is 16.5. The van der Waals surface area contributed by atoms with Crippen LogP contribution in [0.3, 0.4) is 0 Å². The number of benzene rings is 1. The third kappa shape index (κ3) is 4.09. The first kappa shape index (κ1) is 20.4. The van der Waals surface area contributed by atoms with Gasteiger partial charge in [-0.3, -0.25) is 4.79 Å². The molecular formula is C20H23NO6. The van der Waals surface area contributed by atoms with Gasteiger partial charge in [0.2, 0.25) is 6.08 Å². The van der Waals surface area contributed by atoms with Crippen LogP contribution in [0, 0.1) is 12.8 Å². The van der Waals surface area contributed by atoms with Gasteiger partial charge in [0.25, 0.3) is 0 Å². The lowest BCUT2D eigenvalue weighted by Gasteiger charge is -2.16. The van der Waals surface area contributed by atoms with Gasteiger partial charge >= 0.3 is 11.9 Å². The third-order valence-corrected chi connectivity index (χ3v) is 4.69. The summed E-state index contributed by atoms with van der Waals surface area (Å²) >= 11 is 0. The van der Waals surface area contributed by atoms with Crippen LogP contribution in [0.15, 0.2) is 16.6 Å². The summed E-state index contributed by atoms with van der Waals surface area (Å²) in [4.78, 5) is 38.5. The van der Waals surface area contributed by atoms with Gasteiger partial charge in [0.15, 0.2) is 0 Å². The second kappa shape index (κ2) is 8.64. The topological polar surface area (TPSA) is 91.3 Å². The molecule has 7 heteroatoms. The average Bonchev–Trinajstić information content (AvgIpc) is 3.03. The lowest BCUT2D eigenvalue weighted by Crippen LogP contribution is -2.12. The molecule has 1 aromatic carbocycles. The molecule has 0 saturated carbocycles. The van der Waals surface area contributed by atoms with Crippen LogP contribution < -0.4 is 4.74 Å². The Balaban J connectivity index is 2.47. The van der Waals surface area contributed by atoms with E-state index in [1.807, 2.05) is 19.9 Å². The van der Waals surface area contributed by atoms with Crippen LogP contribution in [0.2, 0.25) is 0 Å². The summed E-state index contributed by atoms with van der Waals surface area (Å²) in [5.41, 5.74) is 3.56. The zero-order chi connectivity index (χ0) is 20.1. The van der Waals surface area contributed by atoms with E-state index in [0.717, 1.165) is 11.1 Å². The van der Waals surface area contributed by atoms with Gasteiger partial charge in [0, 0.05) is 11.1 Å². The number of hydrogen-bond donors (Lipinski definition) is 0. The molecule has 0 fully saturated rings. The number of hydrogen-bond acceptors (Lipinski definition) is 7. The van der Waals surface area contributed by atoms with Crippen LogP contribution in [0.25, 0.3) is 0 Å². The molecule has 0 bridgehead atoms. The molecule has 1 aliphatic rings. The number of esters is 2. The van der Waals surface area contributed by atoms with E-state index in [2.05, 4.69) is 4.99 Å². The molecule has 0 amide bonds. The SMILES string of the molecule is COC(=O)[C@H](C)C/C(C)=C/Cc1c(N=C=O)c2c(c(C)c1OC)COC2=O. The van der Waals surface area contributed by atoms with E-state index in [9.17, 15) is 14.4 Å². The molecule has 0 spiro atoms. The molecular weight excluding hydrogens is 350 g/mol. The number of carbonyl (C=O) groups is 2. The van der Waals surface area contributed by atoms with Gasteiger partial charge < -0.3 is 14.2 Å². The standard InChI is InChI=1S/C20H23NO6/c1-11(8-12(2)19(23)26-5)6-7-14-17(21-10-22)16-15(9-27-20(16)24)13(3)18(14)25-4/h6,12H,7-9H2,1-5H3/b11-6+/t12-/m1/s1. The fourth-order valence-electron chi connectivity index (χ4n) is 3.32. The number of carbonyl (C=O) groups excluding carboxylic acids is 3. The van der Waals surface area contributed by atoms with Crippen LogP contribution in [-0.4, -0.2) is 32.2 Å². The van der Waals surface area contributed by atoms with Crippen molar-refractivity contribution in [1.82, 2.24) is 0 Å². The van der Waals surface area contributed by atoms with Crippen molar-refractivity contribution in [3.05, 3.63) is 33.9 Å². The Morgan fingerprint density at radius 1 is 1.41 bits per heavy atom. The lowest BCUT2D eigenvalue weighted by atomic mass is 9.93. The van der Waals surface area contributed by atoms with Crippen LogP contribution in [-0.2, 0) is 32.1 Å². The van der Waals surface area contributed by atoms with Gasteiger partial charge in [0.1, 0.15) is 12.4 Å². The number of rotatable bonds is 7. The Morgan fingerprint density at radius 2 is 2.11 bits per heavy atom. The monoisotopic (exact) mass is 373 g/mol. The Labute approximate surface area is 158 Å². The highest BCUT2D eigenvalue weighted by Gasteiger charge is 2.32. The van der Waals surface area contributed by atoms with Crippen LogP contribution in [0.1, 0.15) is 47.3 Å². The van der Waals surface area contributed by atoms with Gasteiger partial charge in [-0.25, -0.2) is 9.59 Å². The predicted octanol–water partition coefficient (Wildman–Crippen LogP) is 3.33. The normalized spacial score (nSPS) is 14.1. The number of cyclic esters (lactones) is 1. The highest BCUT2D eigenvalue weighted by molar-refractivity contribution is 6.01. The molecule has 144 valence electrons. The maximum atomic E-state index is 12.1. The quantitative estimate of drug-likeness (QED) is 0.315. The summed E-state index contributed by atoms with van der Waals surface area (Å²) in [6.45, 7) is 5.67. The minimum absolute atomic E-state index is 0.129. The molecule has 7 nitrogen and oxygen atoms in total. The van der Waals surface area contributed by atoms with Crippen molar-refractivity contribution in [1.29, 1.82) is 0 Å². The Kier molecular flexibility index (Phi) is 6.53. The van der Waals surface area contributed by atoms with E-state index in [-0.39, 0.29) is 24.2 Å². The fraction of sp³-hybridized carbons (Fsp3) is 0.450. The first-order valence-electron chi connectivity index (χ1n) is 8.56. The van der Waals surface area contributed by atoms with Gasteiger partial charge in [-0.1, -0.05) is 18.6 Å². The van der Waals surface area contributed by atoms with Crippen LogP contribution in [0.4, 0.5) is 5.69 Å². The summed E-state index contributed by atoms with van der Waals surface area (Å²) < 4.78 is 15.4. The number of fused-ring (bicyclic) bond motifs is 1. The van der Waals surface area contributed by atoms with Gasteiger partial charge in [-0.05, 0) is 32.3 Å². The van der Waals surface area contributed by atoms with E-state index in [1.165, 1.54) is 20.3 Å². The molecule has 1 atom stereocenters. The zero-order valence-electron chi connectivity index (χ0n) is 16.2. The molecule has 1 aromatic rings. The summed E-state index contributed by atoms with van der Waals surface area (Å²) in [7, 11) is 2.89. The van der Waals surface area contributed by atoms with Crippen molar-refractivity contribution in [3.8, 4) is 5.75 Å². The number of ether oxygens (including phenoxy) is 3. The second-order valence-corrected chi connectivity index (χ2v) is 6.50. The fourth-order valence-corrected chi connectivity index (χ4v) is 3.32. The summed E-state index contributed by atoms with van der Waals surface area (Å²) in [5, 5.41) is 0. The number of nitrogens with zero attached hydrogens (tertiary/aromatic N) is 1. The number of methoxy groups -OCH3 is 2. The summed E-state index contributed by atoms with van der Waals surface area (Å²) in [6, 6.07) is 0. The van der Waals surface area contributed by atoms with Crippen molar-refractivity contribution < 1.29 is 28.6 Å². The molecule has 0 N–H and O–H groups in total. The van der Waals surface area contributed by atoms with Gasteiger partial charge in [-0.2, -0.15) is 4.99 Å². The molecule has 0 saturated heterocycles. The molecule has 1 aliphatic heterocycles. The van der Waals surface area contributed by atoms with Crippen LogP contribution >= 0.6 is 0 Å². The van der Waals surface area contributed by atoms with Gasteiger partial charge in [0.05, 0.1) is 31.4 Å². The van der Waals surface area contributed by atoms with Crippen molar-refractivity contribution in [3.63, 3.8) is 0 Å². The Hall–Kier alpha value is -2.92. The Morgan fingerprint density at radius 3 is 2.70 bits per heavy atom. The lowest BCUT2D eigenvalue weighted by molar-refractivity contribution is -0.144. The molecule has 1 heterocycles. The summed E-state index contributed by atoms with van der Waals surface area (Å²) in [6.07, 6.45) is 4.36. The van der Waals surface area contributed by atoms with Crippen molar-refractivity contribution in [2.75, 3.05) is 14.2 Å². The van der Waals surface area contributed by atoms with Crippen molar-refractivity contribution >= 4 is 23.7 Å². The smallest absolute Gasteiger partial charge is 0.341 e. The maximum absolute atomic E-state index is 12.1. The molecule has 2 rings (SSSR count). The van der Waals surface area contributed by atoms with E-state index < -0.39 is 5.97 Å². The second-order valence-electron chi connectivity index (χ2n) is 6.50. The number of aliphatic imine (C=N–C) groups is 1. The molecule has 0 unspecified atom stereocenters. The molecule has 27 heavy (non-hydrogen) atoms. The predicted molar refractivity (Wildman–Crippen MR) is 97.9 cm³/mol. The summed E-state index contributed by atoms with van der Waals surface area (Å²) in [5.74, 6) is -0.489. The van der Waals surface area contributed by atoms with Gasteiger partial charge in [-0.15, -0.1) is 0 Å². The minimum Gasteiger partial charge on any atom is -0.496 e. The van der Waals surface area contributed by atoms with E-state index >= 15 is 0 Å².